The summed E-state index contributed by atoms with van der Waals surface area (Å²) in [6.07, 6.45) is -3.83. The molecule has 102 valence electrons. The average Bonchev–Trinajstić information content (AvgIpc) is 2.78. The molecule has 19 heavy (non-hydrogen) atoms. The van der Waals surface area contributed by atoms with Gasteiger partial charge < -0.3 is 0 Å². The number of alkyl halides is 3. The third kappa shape index (κ3) is 2.51. The van der Waals surface area contributed by atoms with Crippen molar-refractivity contribution in [2.24, 2.45) is 0 Å². The van der Waals surface area contributed by atoms with Crippen molar-refractivity contribution in [2.75, 3.05) is 0 Å². The van der Waals surface area contributed by atoms with Crippen LogP contribution < -0.4 is 0 Å². The Kier molecular flexibility index (Phi) is 3.17. The zero-order valence-corrected chi connectivity index (χ0v) is 10.7. The lowest BCUT2D eigenvalue weighted by atomic mass is 10.2. The Hall–Kier alpha value is -1.76. The molecule has 0 amide bonds. The number of halogens is 3. The first-order chi connectivity index (χ1) is 8.73. The van der Waals surface area contributed by atoms with Crippen LogP contribution in [0.1, 0.15) is 11.3 Å². The van der Waals surface area contributed by atoms with Crippen molar-refractivity contribution in [2.45, 2.75) is 18.0 Å². The lowest BCUT2D eigenvalue weighted by Gasteiger charge is -2.12. The van der Waals surface area contributed by atoms with E-state index in [1.54, 1.807) is 6.92 Å². The van der Waals surface area contributed by atoms with Gasteiger partial charge in [-0.2, -0.15) is 13.2 Å². The van der Waals surface area contributed by atoms with Gasteiger partial charge in [-0.05, 0) is 31.2 Å². The van der Waals surface area contributed by atoms with Crippen LogP contribution in [0.5, 0.6) is 0 Å². The highest BCUT2D eigenvalue weighted by atomic mass is 32.2. The Bertz CT molecular complexity index is 685. The van der Waals surface area contributed by atoms with E-state index in [9.17, 15) is 21.6 Å². The summed E-state index contributed by atoms with van der Waals surface area (Å²) in [4.78, 5) is -0.181. The van der Waals surface area contributed by atoms with Crippen LogP contribution in [0.25, 0.3) is 0 Å². The third-order valence-electron chi connectivity index (χ3n) is 2.58. The molecule has 2 rings (SSSR count). The summed E-state index contributed by atoms with van der Waals surface area (Å²) in [5.74, 6) is 0. The second-order valence-electron chi connectivity index (χ2n) is 4.01. The number of hydrogen-bond donors (Lipinski definition) is 0. The molecule has 0 atom stereocenters. The molecule has 0 radical (unpaired) electrons. The summed E-state index contributed by atoms with van der Waals surface area (Å²) in [6.45, 7) is 1.76. The normalized spacial score (nSPS) is 12.6. The Morgan fingerprint density at radius 2 is 1.63 bits per heavy atom. The van der Waals surface area contributed by atoms with E-state index in [1.807, 2.05) is 0 Å². The zero-order chi connectivity index (χ0) is 14.3. The average molecular weight is 289 g/mol. The lowest BCUT2D eigenvalue weighted by Crippen LogP contribution is -2.20. The fourth-order valence-electron chi connectivity index (χ4n) is 1.62. The molecule has 0 fully saturated rings. The number of hydrogen-bond acceptors (Lipinski definition) is 2. The summed E-state index contributed by atoms with van der Waals surface area (Å²) in [5.41, 5.74) is -0.393. The predicted molar refractivity (Wildman–Crippen MR) is 63.2 cm³/mol. The van der Waals surface area contributed by atoms with Gasteiger partial charge in [-0.25, -0.2) is 12.4 Å². The number of aromatic nitrogens is 1. The van der Waals surface area contributed by atoms with Crippen molar-refractivity contribution < 1.29 is 21.6 Å². The molecule has 0 N–H and O–H groups in total. The third-order valence-corrected chi connectivity index (χ3v) is 4.29. The van der Waals surface area contributed by atoms with Crippen molar-refractivity contribution in [3.63, 3.8) is 0 Å². The first kappa shape index (κ1) is 13.7. The number of aryl methyl sites for hydroxylation is 1. The van der Waals surface area contributed by atoms with Crippen LogP contribution in [-0.4, -0.2) is 12.4 Å². The molecule has 1 aromatic carbocycles. The summed E-state index contributed by atoms with van der Waals surface area (Å²) < 4.78 is 62.6. The Labute approximate surface area is 108 Å². The standard InChI is InChI=1S/C12H10F3NO2S/c1-9-4-6-10(7-5-9)19(17,18)16-8-2-3-11(16)12(13,14)15/h2-8H,1H3. The lowest BCUT2D eigenvalue weighted by molar-refractivity contribution is -0.141. The minimum atomic E-state index is -4.72. The van der Waals surface area contributed by atoms with Crippen LogP contribution in [0, 0.1) is 6.92 Å². The summed E-state index contributed by atoms with van der Waals surface area (Å²) in [5, 5.41) is 0. The maximum Gasteiger partial charge on any atom is 0.432 e. The molecule has 7 heteroatoms. The predicted octanol–water partition coefficient (Wildman–Crippen LogP) is 3.05. The van der Waals surface area contributed by atoms with Crippen molar-refractivity contribution in [3.05, 3.63) is 53.9 Å². The van der Waals surface area contributed by atoms with Gasteiger partial charge in [0.05, 0.1) is 4.90 Å². The second-order valence-corrected chi connectivity index (χ2v) is 5.82. The van der Waals surface area contributed by atoms with Crippen molar-refractivity contribution in [1.82, 2.24) is 3.97 Å². The van der Waals surface area contributed by atoms with Gasteiger partial charge in [-0.15, -0.1) is 0 Å². The van der Waals surface area contributed by atoms with E-state index in [0.29, 0.717) is 0 Å². The van der Waals surface area contributed by atoms with Gasteiger partial charge in [0.25, 0.3) is 10.0 Å². The molecule has 0 aliphatic heterocycles. The molecule has 1 heterocycles. The van der Waals surface area contributed by atoms with E-state index in [2.05, 4.69) is 0 Å². The summed E-state index contributed by atoms with van der Waals surface area (Å²) >= 11 is 0. The van der Waals surface area contributed by atoms with E-state index < -0.39 is 21.9 Å². The van der Waals surface area contributed by atoms with E-state index in [0.717, 1.165) is 23.9 Å². The topological polar surface area (TPSA) is 39.1 Å². The monoisotopic (exact) mass is 289 g/mol. The molecule has 1 aromatic heterocycles. The van der Waals surface area contributed by atoms with Crippen LogP contribution >= 0.6 is 0 Å². The zero-order valence-electron chi connectivity index (χ0n) is 9.85. The Morgan fingerprint density at radius 3 is 2.16 bits per heavy atom. The fourth-order valence-corrected chi connectivity index (χ4v) is 2.98. The van der Waals surface area contributed by atoms with Crippen molar-refractivity contribution in [1.29, 1.82) is 0 Å². The number of benzene rings is 1. The van der Waals surface area contributed by atoms with Gasteiger partial charge in [-0.1, -0.05) is 17.7 Å². The number of rotatable bonds is 2. The van der Waals surface area contributed by atoms with E-state index in [4.69, 9.17) is 0 Å². The van der Waals surface area contributed by atoms with Gasteiger partial charge in [0.1, 0.15) is 5.69 Å². The first-order valence-corrected chi connectivity index (χ1v) is 6.74. The molecule has 0 saturated heterocycles. The molecule has 2 aromatic rings. The Balaban J connectivity index is 2.58. The van der Waals surface area contributed by atoms with E-state index >= 15 is 0 Å². The van der Waals surface area contributed by atoms with E-state index in [-0.39, 0.29) is 8.87 Å². The highest BCUT2D eigenvalue weighted by Crippen LogP contribution is 2.31. The molecule has 0 unspecified atom stereocenters. The minimum absolute atomic E-state index is 0.181. The maximum absolute atomic E-state index is 12.7. The SMILES string of the molecule is Cc1ccc(S(=O)(=O)n2cccc2C(F)(F)F)cc1. The second kappa shape index (κ2) is 4.41. The highest BCUT2D eigenvalue weighted by Gasteiger charge is 2.37. The van der Waals surface area contributed by atoms with Gasteiger partial charge in [0.2, 0.25) is 0 Å². The molecule has 0 aliphatic carbocycles. The summed E-state index contributed by atoms with van der Waals surface area (Å²) in [6, 6.07) is 7.41. The smallest absolute Gasteiger partial charge is 0.237 e. The highest BCUT2D eigenvalue weighted by molar-refractivity contribution is 7.90. The molecule has 0 spiro atoms. The van der Waals surface area contributed by atoms with Crippen LogP contribution in [0.3, 0.4) is 0 Å². The van der Waals surface area contributed by atoms with Gasteiger partial charge in [-0.3, -0.25) is 0 Å². The number of nitrogens with zero attached hydrogens (tertiary/aromatic N) is 1. The minimum Gasteiger partial charge on any atom is -0.237 e. The van der Waals surface area contributed by atoms with Crippen molar-refractivity contribution >= 4 is 10.0 Å². The van der Waals surface area contributed by atoms with Crippen LogP contribution in [-0.2, 0) is 16.2 Å². The van der Waals surface area contributed by atoms with Crippen LogP contribution in [0.2, 0.25) is 0 Å². The first-order valence-electron chi connectivity index (χ1n) is 5.30. The van der Waals surface area contributed by atoms with Crippen molar-refractivity contribution in [3.8, 4) is 0 Å². The van der Waals surface area contributed by atoms with Gasteiger partial charge in [0.15, 0.2) is 0 Å². The quantitative estimate of drug-likeness (QED) is 0.852. The van der Waals surface area contributed by atoms with E-state index in [1.165, 1.54) is 24.3 Å². The molecule has 0 aliphatic rings. The molecular weight excluding hydrogens is 279 g/mol. The van der Waals surface area contributed by atoms with Gasteiger partial charge in [0, 0.05) is 6.20 Å². The fraction of sp³-hybridized carbons (Fsp3) is 0.167. The molecule has 0 bridgehead atoms. The maximum atomic E-state index is 12.7. The largest absolute Gasteiger partial charge is 0.432 e. The molecule has 0 saturated carbocycles. The summed E-state index contributed by atoms with van der Waals surface area (Å²) in [7, 11) is -4.23. The molecule has 3 nitrogen and oxygen atoms in total. The van der Waals surface area contributed by atoms with Crippen LogP contribution in [0.15, 0.2) is 47.5 Å². The van der Waals surface area contributed by atoms with Crippen LogP contribution in [0.4, 0.5) is 13.2 Å². The van der Waals surface area contributed by atoms with Gasteiger partial charge >= 0.3 is 6.18 Å². The molecular formula is C12H10F3NO2S. The Morgan fingerprint density at radius 1 is 1.05 bits per heavy atom.